The molecule has 0 radical (unpaired) electrons. The van der Waals surface area contributed by atoms with Gasteiger partial charge >= 0.3 is 0 Å². The zero-order chi connectivity index (χ0) is 19.6. The molecule has 0 spiro atoms. The van der Waals surface area contributed by atoms with E-state index in [9.17, 15) is 0 Å². The van der Waals surface area contributed by atoms with E-state index in [1.54, 1.807) is 0 Å². The van der Waals surface area contributed by atoms with E-state index in [1.165, 1.54) is 37.9 Å². The maximum Gasteiger partial charge on any atom is 0.257 e. The molecule has 0 atom stereocenters. The summed E-state index contributed by atoms with van der Waals surface area (Å²) >= 11 is 0. The minimum Gasteiger partial charge on any atom is -0.356 e. The van der Waals surface area contributed by atoms with Crippen LogP contribution in [-0.2, 0) is 12.8 Å². The number of likely N-dealkylation sites (tertiary alicyclic amines) is 1. The molecule has 1 aromatic carbocycles. The predicted octanol–water partition coefficient (Wildman–Crippen LogP) is 3.11. The van der Waals surface area contributed by atoms with Crippen molar-refractivity contribution in [1.29, 1.82) is 0 Å². The van der Waals surface area contributed by atoms with Crippen LogP contribution in [-0.4, -0.2) is 60.8 Å². The standard InChI is InChI=1S/C21H32N6O.HI/c1-3-19-25-20(28-26-19)18-9-7-17(8-10-18)11-12-23-21(22-2)24-13-16-27-14-5-4-6-15-27;/h7-10H,3-6,11-16H2,1-2H3,(H2,22,23,24);1H. The first kappa shape index (κ1) is 23.6. The van der Waals surface area contributed by atoms with Crippen LogP contribution in [0.25, 0.3) is 11.5 Å². The molecule has 1 saturated heterocycles. The van der Waals surface area contributed by atoms with Gasteiger partial charge in [0.15, 0.2) is 11.8 Å². The smallest absolute Gasteiger partial charge is 0.257 e. The molecule has 0 amide bonds. The van der Waals surface area contributed by atoms with Gasteiger partial charge in [-0.3, -0.25) is 4.99 Å². The molecule has 2 aromatic rings. The van der Waals surface area contributed by atoms with Crippen LogP contribution in [0.3, 0.4) is 0 Å². The van der Waals surface area contributed by atoms with Gasteiger partial charge in [0.25, 0.3) is 5.89 Å². The van der Waals surface area contributed by atoms with Gasteiger partial charge in [-0.1, -0.05) is 30.6 Å². The highest BCUT2D eigenvalue weighted by molar-refractivity contribution is 14.0. The highest BCUT2D eigenvalue weighted by atomic mass is 127. The minimum absolute atomic E-state index is 0. The lowest BCUT2D eigenvalue weighted by Crippen LogP contribution is -2.43. The fourth-order valence-corrected chi connectivity index (χ4v) is 3.39. The number of nitrogens with one attached hydrogen (secondary N) is 2. The molecule has 3 rings (SSSR count). The van der Waals surface area contributed by atoms with Crippen LogP contribution in [0.15, 0.2) is 33.8 Å². The Balaban J connectivity index is 0.00000300. The third-order valence-corrected chi connectivity index (χ3v) is 5.08. The molecule has 0 aliphatic carbocycles. The lowest BCUT2D eigenvalue weighted by molar-refractivity contribution is 0.232. The van der Waals surface area contributed by atoms with Gasteiger partial charge in [0.1, 0.15) is 0 Å². The van der Waals surface area contributed by atoms with E-state index in [0.29, 0.717) is 5.89 Å². The summed E-state index contributed by atoms with van der Waals surface area (Å²) in [7, 11) is 1.82. The Hall–Kier alpha value is -1.68. The molecular formula is C21H33IN6O. The number of aryl methyl sites for hydroxylation is 1. The second-order valence-electron chi connectivity index (χ2n) is 7.14. The minimum atomic E-state index is 0. The zero-order valence-corrected chi connectivity index (χ0v) is 19.8. The van der Waals surface area contributed by atoms with Gasteiger partial charge in [0, 0.05) is 38.7 Å². The Bertz CT molecular complexity index is 740. The van der Waals surface area contributed by atoms with Crippen molar-refractivity contribution in [3.05, 3.63) is 35.7 Å². The van der Waals surface area contributed by atoms with E-state index in [-0.39, 0.29) is 24.0 Å². The van der Waals surface area contributed by atoms with Crippen molar-refractivity contribution in [3.8, 4) is 11.5 Å². The normalized spacial score (nSPS) is 15.0. The molecule has 160 valence electrons. The van der Waals surface area contributed by atoms with Gasteiger partial charge < -0.3 is 20.1 Å². The summed E-state index contributed by atoms with van der Waals surface area (Å²) in [6, 6.07) is 8.29. The molecule has 29 heavy (non-hydrogen) atoms. The number of guanidine groups is 1. The first-order chi connectivity index (χ1) is 13.8. The maximum absolute atomic E-state index is 5.29. The van der Waals surface area contributed by atoms with E-state index < -0.39 is 0 Å². The topological polar surface area (TPSA) is 78.6 Å². The van der Waals surface area contributed by atoms with Crippen molar-refractivity contribution in [3.63, 3.8) is 0 Å². The fourth-order valence-electron chi connectivity index (χ4n) is 3.39. The summed E-state index contributed by atoms with van der Waals surface area (Å²) in [5.41, 5.74) is 2.22. The molecule has 0 saturated carbocycles. The van der Waals surface area contributed by atoms with Crippen LogP contribution in [0.5, 0.6) is 0 Å². The second-order valence-corrected chi connectivity index (χ2v) is 7.14. The third-order valence-electron chi connectivity index (χ3n) is 5.08. The number of hydrogen-bond donors (Lipinski definition) is 2. The summed E-state index contributed by atoms with van der Waals surface area (Å²) < 4.78 is 5.29. The van der Waals surface area contributed by atoms with Gasteiger partial charge in [-0.2, -0.15) is 4.98 Å². The third kappa shape index (κ3) is 7.58. The second kappa shape index (κ2) is 12.8. The lowest BCUT2D eigenvalue weighted by atomic mass is 10.1. The molecule has 2 N–H and O–H groups in total. The number of rotatable bonds is 8. The Labute approximate surface area is 190 Å². The van der Waals surface area contributed by atoms with E-state index >= 15 is 0 Å². The molecular weight excluding hydrogens is 479 g/mol. The fraction of sp³-hybridized carbons (Fsp3) is 0.571. The summed E-state index contributed by atoms with van der Waals surface area (Å²) in [5.74, 6) is 2.19. The summed E-state index contributed by atoms with van der Waals surface area (Å²) in [5, 5.41) is 10.8. The highest BCUT2D eigenvalue weighted by Crippen LogP contribution is 2.18. The van der Waals surface area contributed by atoms with E-state index in [0.717, 1.165) is 49.8 Å². The quantitative estimate of drug-likeness (QED) is 0.322. The Morgan fingerprint density at radius 1 is 1.10 bits per heavy atom. The number of hydrogen-bond acceptors (Lipinski definition) is 5. The SMILES string of the molecule is CCc1noc(-c2ccc(CCNC(=NC)NCCN3CCCCC3)cc2)n1.I. The molecule has 1 fully saturated rings. The Morgan fingerprint density at radius 3 is 2.48 bits per heavy atom. The molecule has 8 heteroatoms. The predicted molar refractivity (Wildman–Crippen MR) is 128 cm³/mol. The van der Waals surface area contributed by atoms with Crippen LogP contribution < -0.4 is 10.6 Å². The lowest BCUT2D eigenvalue weighted by Gasteiger charge is -2.26. The van der Waals surface area contributed by atoms with E-state index in [1.807, 2.05) is 26.1 Å². The number of nitrogens with zero attached hydrogens (tertiary/aromatic N) is 4. The van der Waals surface area contributed by atoms with Gasteiger partial charge in [0.2, 0.25) is 0 Å². The number of piperidine rings is 1. The molecule has 1 aliphatic rings. The molecule has 0 bridgehead atoms. The number of aliphatic imine (C=N–C) groups is 1. The van der Waals surface area contributed by atoms with Crippen LogP contribution in [0.1, 0.15) is 37.6 Å². The number of benzene rings is 1. The molecule has 1 aromatic heterocycles. The molecule has 7 nitrogen and oxygen atoms in total. The van der Waals surface area contributed by atoms with Crippen molar-refractivity contribution in [2.45, 2.75) is 39.0 Å². The average Bonchev–Trinajstić information content (AvgIpc) is 3.23. The van der Waals surface area contributed by atoms with Gasteiger partial charge in [-0.15, -0.1) is 24.0 Å². The highest BCUT2D eigenvalue weighted by Gasteiger charge is 2.10. The van der Waals surface area contributed by atoms with Gasteiger partial charge in [0.05, 0.1) is 0 Å². The van der Waals surface area contributed by atoms with Crippen LogP contribution in [0, 0.1) is 0 Å². The van der Waals surface area contributed by atoms with Crippen molar-refractivity contribution in [1.82, 2.24) is 25.7 Å². The van der Waals surface area contributed by atoms with E-state index in [4.69, 9.17) is 4.52 Å². The van der Waals surface area contributed by atoms with Crippen molar-refractivity contribution in [2.75, 3.05) is 39.8 Å². The van der Waals surface area contributed by atoms with Crippen molar-refractivity contribution in [2.24, 2.45) is 4.99 Å². The largest absolute Gasteiger partial charge is 0.356 e. The van der Waals surface area contributed by atoms with Crippen LogP contribution >= 0.6 is 24.0 Å². The van der Waals surface area contributed by atoms with Gasteiger partial charge in [-0.05, 0) is 50.0 Å². The Kier molecular flexibility index (Phi) is 10.4. The maximum atomic E-state index is 5.29. The number of aromatic nitrogens is 2. The molecule has 0 unspecified atom stereocenters. The van der Waals surface area contributed by atoms with Crippen LogP contribution in [0.2, 0.25) is 0 Å². The first-order valence-electron chi connectivity index (χ1n) is 10.4. The number of halogens is 1. The monoisotopic (exact) mass is 512 g/mol. The van der Waals surface area contributed by atoms with Crippen LogP contribution in [0.4, 0.5) is 0 Å². The average molecular weight is 512 g/mol. The Morgan fingerprint density at radius 2 is 1.83 bits per heavy atom. The zero-order valence-electron chi connectivity index (χ0n) is 17.5. The van der Waals surface area contributed by atoms with Gasteiger partial charge in [-0.25, -0.2) is 0 Å². The summed E-state index contributed by atoms with van der Waals surface area (Å²) in [4.78, 5) is 11.2. The van der Waals surface area contributed by atoms with E-state index in [2.05, 4.69) is 42.8 Å². The summed E-state index contributed by atoms with van der Waals surface area (Å²) in [6.07, 6.45) is 5.75. The summed E-state index contributed by atoms with van der Waals surface area (Å²) in [6.45, 7) is 7.32. The first-order valence-corrected chi connectivity index (χ1v) is 10.4. The molecule has 1 aliphatic heterocycles. The van der Waals surface area contributed by atoms with Crippen molar-refractivity contribution >= 4 is 29.9 Å². The van der Waals surface area contributed by atoms with Crippen molar-refractivity contribution < 1.29 is 4.52 Å². The molecule has 2 heterocycles.